The molecule has 0 bridgehead atoms. The average molecular weight is 230 g/mol. The first-order chi connectivity index (χ1) is 8.29. The third-order valence-corrected chi connectivity index (χ3v) is 3.37. The first kappa shape index (κ1) is 11.9. The predicted octanol–water partition coefficient (Wildman–Crippen LogP) is 3.29. The van der Waals surface area contributed by atoms with Gasteiger partial charge < -0.3 is 4.74 Å². The van der Waals surface area contributed by atoms with Crippen molar-refractivity contribution in [2.24, 2.45) is 11.8 Å². The van der Waals surface area contributed by atoms with Gasteiger partial charge in [0.1, 0.15) is 0 Å². The SMILES string of the molecule is COC(=O)C1CCC(/C=C/c2ccccc2)C1. The number of esters is 1. The van der Waals surface area contributed by atoms with Crippen molar-refractivity contribution in [2.45, 2.75) is 19.3 Å². The standard InChI is InChI=1S/C15H18O2/c1-17-15(16)14-10-9-13(11-14)8-7-12-5-3-2-4-6-12/h2-8,13-14H,9-11H2,1H3/b8-7+. The average Bonchev–Trinajstić information content (AvgIpc) is 2.85. The highest BCUT2D eigenvalue weighted by Crippen LogP contribution is 2.32. The number of methoxy groups -OCH3 is 1. The second-order valence-corrected chi connectivity index (χ2v) is 4.56. The minimum absolute atomic E-state index is 0.0550. The van der Waals surface area contributed by atoms with Crippen LogP contribution in [0.15, 0.2) is 36.4 Å². The lowest BCUT2D eigenvalue weighted by Crippen LogP contribution is -2.12. The highest BCUT2D eigenvalue weighted by molar-refractivity contribution is 5.72. The van der Waals surface area contributed by atoms with Gasteiger partial charge in [-0.05, 0) is 30.7 Å². The number of benzene rings is 1. The van der Waals surface area contributed by atoms with E-state index in [1.165, 1.54) is 12.7 Å². The molecule has 1 fully saturated rings. The van der Waals surface area contributed by atoms with Gasteiger partial charge in [0.25, 0.3) is 0 Å². The van der Waals surface area contributed by atoms with E-state index in [-0.39, 0.29) is 11.9 Å². The monoisotopic (exact) mass is 230 g/mol. The van der Waals surface area contributed by atoms with E-state index in [1.54, 1.807) is 0 Å². The molecule has 1 aromatic rings. The lowest BCUT2D eigenvalue weighted by molar-refractivity contribution is -0.145. The van der Waals surface area contributed by atoms with E-state index in [4.69, 9.17) is 4.74 Å². The molecule has 0 radical (unpaired) electrons. The van der Waals surface area contributed by atoms with Gasteiger partial charge in [-0.3, -0.25) is 4.79 Å². The van der Waals surface area contributed by atoms with E-state index in [2.05, 4.69) is 24.3 Å². The van der Waals surface area contributed by atoms with Gasteiger partial charge in [0.15, 0.2) is 0 Å². The van der Waals surface area contributed by atoms with Crippen LogP contribution in [0.25, 0.3) is 6.08 Å². The summed E-state index contributed by atoms with van der Waals surface area (Å²) in [6, 6.07) is 10.3. The Morgan fingerprint density at radius 3 is 2.76 bits per heavy atom. The second-order valence-electron chi connectivity index (χ2n) is 4.56. The maximum Gasteiger partial charge on any atom is 0.308 e. The van der Waals surface area contributed by atoms with Gasteiger partial charge in [0.2, 0.25) is 0 Å². The van der Waals surface area contributed by atoms with Crippen molar-refractivity contribution in [1.29, 1.82) is 0 Å². The fourth-order valence-electron chi connectivity index (χ4n) is 2.38. The predicted molar refractivity (Wildman–Crippen MR) is 68.3 cm³/mol. The Bertz CT molecular complexity index is 395. The quantitative estimate of drug-likeness (QED) is 0.745. The number of rotatable bonds is 3. The summed E-state index contributed by atoms with van der Waals surface area (Å²) in [5.41, 5.74) is 1.22. The number of hydrogen-bond acceptors (Lipinski definition) is 2. The molecule has 17 heavy (non-hydrogen) atoms. The zero-order valence-corrected chi connectivity index (χ0v) is 10.1. The number of carbonyl (C=O) groups is 1. The number of ether oxygens (including phenoxy) is 1. The maximum absolute atomic E-state index is 11.4. The van der Waals surface area contributed by atoms with E-state index in [0.29, 0.717) is 5.92 Å². The zero-order chi connectivity index (χ0) is 12.1. The summed E-state index contributed by atoms with van der Waals surface area (Å²) >= 11 is 0. The Hall–Kier alpha value is -1.57. The van der Waals surface area contributed by atoms with Crippen LogP contribution in [0.5, 0.6) is 0 Å². The second kappa shape index (κ2) is 5.67. The van der Waals surface area contributed by atoms with Crippen LogP contribution < -0.4 is 0 Å². The van der Waals surface area contributed by atoms with Crippen LogP contribution in [0.4, 0.5) is 0 Å². The molecule has 0 N–H and O–H groups in total. The van der Waals surface area contributed by atoms with E-state index < -0.39 is 0 Å². The molecule has 1 saturated carbocycles. The molecule has 1 aliphatic rings. The summed E-state index contributed by atoms with van der Waals surface area (Å²) in [6.45, 7) is 0. The van der Waals surface area contributed by atoms with Crippen LogP contribution in [-0.4, -0.2) is 13.1 Å². The first-order valence-corrected chi connectivity index (χ1v) is 6.10. The van der Waals surface area contributed by atoms with Crippen molar-refractivity contribution in [3.8, 4) is 0 Å². The third-order valence-electron chi connectivity index (χ3n) is 3.37. The van der Waals surface area contributed by atoms with Crippen molar-refractivity contribution in [3.63, 3.8) is 0 Å². The minimum atomic E-state index is -0.0550. The summed E-state index contributed by atoms with van der Waals surface area (Å²) in [5.74, 6) is 0.561. The molecule has 0 aromatic heterocycles. The molecule has 1 aliphatic carbocycles. The molecule has 0 spiro atoms. The van der Waals surface area contributed by atoms with Crippen molar-refractivity contribution in [2.75, 3.05) is 7.11 Å². The molecule has 2 rings (SSSR count). The van der Waals surface area contributed by atoms with Gasteiger partial charge >= 0.3 is 5.97 Å². The first-order valence-electron chi connectivity index (χ1n) is 6.10. The molecule has 2 nitrogen and oxygen atoms in total. The third kappa shape index (κ3) is 3.19. The van der Waals surface area contributed by atoms with Gasteiger partial charge in [-0.2, -0.15) is 0 Å². The molecule has 2 atom stereocenters. The van der Waals surface area contributed by atoms with E-state index in [9.17, 15) is 4.79 Å². The Kier molecular flexibility index (Phi) is 3.97. The fraction of sp³-hybridized carbons (Fsp3) is 0.400. The van der Waals surface area contributed by atoms with E-state index in [1.807, 2.05) is 18.2 Å². The van der Waals surface area contributed by atoms with E-state index >= 15 is 0 Å². The number of carbonyl (C=O) groups excluding carboxylic acids is 1. The molecular weight excluding hydrogens is 212 g/mol. The van der Waals surface area contributed by atoms with E-state index in [0.717, 1.165) is 19.3 Å². The highest BCUT2D eigenvalue weighted by Gasteiger charge is 2.28. The molecule has 2 heteroatoms. The molecule has 0 heterocycles. The summed E-state index contributed by atoms with van der Waals surface area (Å²) < 4.78 is 4.78. The van der Waals surface area contributed by atoms with Gasteiger partial charge in [-0.15, -0.1) is 0 Å². The maximum atomic E-state index is 11.4. The molecule has 0 aliphatic heterocycles. The van der Waals surface area contributed by atoms with Gasteiger partial charge in [-0.25, -0.2) is 0 Å². The van der Waals surface area contributed by atoms with Crippen LogP contribution in [0, 0.1) is 11.8 Å². The lowest BCUT2D eigenvalue weighted by atomic mass is 10.0. The van der Waals surface area contributed by atoms with Gasteiger partial charge in [0, 0.05) is 0 Å². The van der Waals surface area contributed by atoms with Crippen molar-refractivity contribution in [3.05, 3.63) is 42.0 Å². The van der Waals surface area contributed by atoms with Crippen molar-refractivity contribution in [1.82, 2.24) is 0 Å². The molecule has 1 aromatic carbocycles. The summed E-state index contributed by atoms with van der Waals surface area (Å²) in [4.78, 5) is 11.4. The Morgan fingerprint density at radius 2 is 2.06 bits per heavy atom. The molecule has 0 saturated heterocycles. The van der Waals surface area contributed by atoms with Crippen LogP contribution >= 0.6 is 0 Å². The number of hydrogen-bond donors (Lipinski definition) is 0. The topological polar surface area (TPSA) is 26.3 Å². The molecule has 90 valence electrons. The normalized spacial score (nSPS) is 24.1. The van der Waals surface area contributed by atoms with Crippen LogP contribution in [-0.2, 0) is 9.53 Å². The Morgan fingerprint density at radius 1 is 1.29 bits per heavy atom. The summed E-state index contributed by atoms with van der Waals surface area (Å²) in [7, 11) is 1.47. The van der Waals surface area contributed by atoms with Crippen molar-refractivity contribution >= 4 is 12.0 Å². The van der Waals surface area contributed by atoms with Crippen LogP contribution in [0.3, 0.4) is 0 Å². The van der Waals surface area contributed by atoms with Crippen molar-refractivity contribution < 1.29 is 9.53 Å². The zero-order valence-electron chi connectivity index (χ0n) is 10.1. The largest absolute Gasteiger partial charge is 0.469 e. The van der Waals surface area contributed by atoms with Crippen LogP contribution in [0.2, 0.25) is 0 Å². The molecule has 2 unspecified atom stereocenters. The van der Waals surface area contributed by atoms with Gasteiger partial charge in [-0.1, -0.05) is 42.5 Å². The Balaban J connectivity index is 1.90. The Labute approximate surface area is 102 Å². The highest BCUT2D eigenvalue weighted by atomic mass is 16.5. The number of allylic oxidation sites excluding steroid dienone is 1. The molecular formula is C15H18O2. The smallest absolute Gasteiger partial charge is 0.308 e. The van der Waals surface area contributed by atoms with Crippen LogP contribution in [0.1, 0.15) is 24.8 Å². The summed E-state index contributed by atoms with van der Waals surface area (Å²) in [5, 5.41) is 0. The minimum Gasteiger partial charge on any atom is -0.469 e. The summed E-state index contributed by atoms with van der Waals surface area (Å²) in [6.07, 6.45) is 7.33. The molecule has 0 amide bonds. The van der Waals surface area contributed by atoms with Gasteiger partial charge in [0.05, 0.1) is 13.0 Å². The lowest BCUT2D eigenvalue weighted by Gasteiger charge is -2.06. The fourth-order valence-corrected chi connectivity index (χ4v) is 2.38.